The van der Waals surface area contributed by atoms with E-state index in [-0.39, 0.29) is 12.6 Å². The van der Waals surface area contributed by atoms with Gasteiger partial charge in [-0.05, 0) is 12.8 Å². The van der Waals surface area contributed by atoms with Gasteiger partial charge in [-0.25, -0.2) is 4.98 Å². The predicted molar refractivity (Wildman–Crippen MR) is 62.7 cm³/mol. The number of rotatable bonds is 5. The average Bonchev–Trinajstić information content (AvgIpc) is 2.24. The Labute approximate surface area is 95.9 Å². The maximum absolute atomic E-state index is 9.22. The molecule has 5 nitrogen and oxygen atoms in total. The van der Waals surface area contributed by atoms with E-state index >= 15 is 0 Å². The fraction of sp³-hybridized carbons (Fsp3) is 0.636. The van der Waals surface area contributed by atoms with Gasteiger partial charge in [-0.2, -0.15) is 4.98 Å². The molecule has 0 radical (unpaired) electrons. The van der Waals surface area contributed by atoms with Crippen molar-refractivity contribution in [2.45, 2.75) is 26.8 Å². The van der Waals surface area contributed by atoms with Crippen molar-refractivity contribution in [3.63, 3.8) is 0 Å². The number of aliphatic hydroxyl groups excluding tert-OH is 1. The zero-order chi connectivity index (χ0) is 12.1. The summed E-state index contributed by atoms with van der Waals surface area (Å²) < 4.78 is 5.06. The molecule has 0 spiro atoms. The molecule has 1 heterocycles. The van der Waals surface area contributed by atoms with Crippen molar-refractivity contribution in [2.24, 2.45) is 5.92 Å². The molecule has 1 rings (SSSR count). The topological polar surface area (TPSA) is 67.3 Å². The fourth-order valence-electron chi connectivity index (χ4n) is 1.33. The van der Waals surface area contributed by atoms with Crippen molar-refractivity contribution in [1.82, 2.24) is 9.97 Å². The summed E-state index contributed by atoms with van der Waals surface area (Å²) in [7, 11) is 1.57. The van der Waals surface area contributed by atoms with Crippen molar-refractivity contribution >= 4 is 5.82 Å². The summed E-state index contributed by atoms with van der Waals surface area (Å²) in [4.78, 5) is 8.33. The van der Waals surface area contributed by atoms with E-state index in [0.717, 1.165) is 0 Å². The highest BCUT2D eigenvalue weighted by molar-refractivity contribution is 5.39. The molecule has 5 heteroatoms. The smallest absolute Gasteiger partial charge is 0.218 e. The second kappa shape index (κ2) is 5.65. The van der Waals surface area contributed by atoms with Crippen molar-refractivity contribution in [1.29, 1.82) is 0 Å². The normalized spacial score (nSPS) is 12.6. The average molecular weight is 225 g/mol. The van der Waals surface area contributed by atoms with Crippen LogP contribution < -0.4 is 10.1 Å². The molecule has 90 valence electrons. The standard InChI is InChI=1S/C11H19N3O2/c1-7(2)9(6-15)14-10-5-11(16-4)13-8(3)12-10/h5,7,9,15H,6H2,1-4H3,(H,12,13,14). The number of aliphatic hydroxyl groups is 1. The second-order valence-corrected chi connectivity index (χ2v) is 4.02. The molecule has 16 heavy (non-hydrogen) atoms. The van der Waals surface area contributed by atoms with Gasteiger partial charge in [-0.1, -0.05) is 13.8 Å². The third kappa shape index (κ3) is 3.34. The van der Waals surface area contributed by atoms with Gasteiger partial charge in [0.1, 0.15) is 11.6 Å². The summed E-state index contributed by atoms with van der Waals surface area (Å²) in [6.07, 6.45) is 0. The lowest BCUT2D eigenvalue weighted by Gasteiger charge is -2.20. The number of hydrogen-bond donors (Lipinski definition) is 2. The van der Waals surface area contributed by atoms with Crippen LogP contribution in [0, 0.1) is 12.8 Å². The zero-order valence-corrected chi connectivity index (χ0v) is 10.2. The molecular weight excluding hydrogens is 206 g/mol. The van der Waals surface area contributed by atoms with E-state index < -0.39 is 0 Å². The number of aryl methyl sites for hydroxylation is 1. The van der Waals surface area contributed by atoms with Crippen molar-refractivity contribution in [3.05, 3.63) is 11.9 Å². The summed E-state index contributed by atoms with van der Waals surface area (Å²) in [6, 6.07) is 1.71. The summed E-state index contributed by atoms with van der Waals surface area (Å²) in [5, 5.41) is 12.4. The van der Waals surface area contributed by atoms with E-state index in [1.165, 1.54) is 0 Å². The van der Waals surface area contributed by atoms with Gasteiger partial charge in [0.25, 0.3) is 0 Å². The first-order valence-corrected chi connectivity index (χ1v) is 5.34. The van der Waals surface area contributed by atoms with Crippen LogP contribution in [0.1, 0.15) is 19.7 Å². The van der Waals surface area contributed by atoms with Crippen LogP contribution in [0.25, 0.3) is 0 Å². The van der Waals surface area contributed by atoms with Crippen LogP contribution in [0.2, 0.25) is 0 Å². The van der Waals surface area contributed by atoms with Crippen molar-refractivity contribution < 1.29 is 9.84 Å². The SMILES string of the molecule is COc1cc(NC(CO)C(C)C)nc(C)n1. The maximum Gasteiger partial charge on any atom is 0.218 e. The molecule has 0 saturated carbocycles. The Bertz CT molecular complexity index is 342. The lowest BCUT2D eigenvalue weighted by molar-refractivity contribution is 0.249. The molecule has 1 atom stereocenters. The van der Waals surface area contributed by atoms with Crippen LogP contribution >= 0.6 is 0 Å². The summed E-state index contributed by atoms with van der Waals surface area (Å²) in [6.45, 7) is 5.96. The Hall–Kier alpha value is -1.36. The summed E-state index contributed by atoms with van der Waals surface area (Å²) in [5.41, 5.74) is 0. The minimum absolute atomic E-state index is 0.0148. The van der Waals surface area contributed by atoms with Gasteiger partial charge in [0.15, 0.2) is 0 Å². The number of hydrogen-bond acceptors (Lipinski definition) is 5. The summed E-state index contributed by atoms with van der Waals surface area (Å²) >= 11 is 0. The highest BCUT2D eigenvalue weighted by Gasteiger charge is 2.13. The van der Waals surface area contributed by atoms with Gasteiger partial charge >= 0.3 is 0 Å². The summed E-state index contributed by atoms with van der Waals surface area (Å²) in [5.74, 6) is 2.17. The molecule has 0 amide bonds. The first-order valence-electron chi connectivity index (χ1n) is 5.34. The third-order valence-electron chi connectivity index (χ3n) is 2.36. The predicted octanol–water partition coefficient (Wildman–Crippen LogP) is 1.22. The molecule has 1 aromatic rings. The number of nitrogens with one attached hydrogen (secondary N) is 1. The molecule has 0 fully saturated rings. The molecule has 0 bridgehead atoms. The maximum atomic E-state index is 9.22. The van der Waals surface area contributed by atoms with Gasteiger partial charge in [-0.15, -0.1) is 0 Å². The number of methoxy groups -OCH3 is 1. The van der Waals surface area contributed by atoms with Crippen LogP contribution in [-0.2, 0) is 0 Å². The van der Waals surface area contributed by atoms with Crippen molar-refractivity contribution in [2.75, 3.05) is 19.0 Å². The van der Waals surface area contributed by atoms with Gasteiger partial charge in [0.05, 0.1) is 19.8 Å². The number of ether oxygens (including phenoxy) is 1. The monoisotopic (exact) mass is 225 g/mol. The van der Waals surface area contributed by atoms with Gasteiger partial charge in [0.2, 0.25) is 5.88 Å². The molecule has 0 saturated heterocycles. The Morgan fingerprint density at radius 1 is 1.44 bits per heavy atom. The molecule has 1 aromatic heterocycles. The fourth-order valence-corrected chi connectivity index (χ4v) is 1.33. The van der Waals surface area contributed by atoms with E-state index in [1.54, 1.807) is 20.1 Å². The highest BCUT2D eigenvalue weighted by atomic mass is 16.5. The van der Waals surface area contributed by atoms with Crippen LogP contribution in [0.15, 0.2) is 6.07 Å². The minimum atomic E-state index is -0.0148. The van der Waals surface area contributed by atoms with E-state index in [0.29, 0.717) is 23.4 Å². The lowest BCUT2D eigenvalue weighted by atomic mass is 10.1. The number of anilines is 1. The van der Waals surface area contributed by atoms with E-state index in [9.17, 15) is 5.11 Å². The first-order chi connectivity index (χ1) is 7.56. The van der Waals surface area contributed by atoms with E-state index in [4.69, 9.17) is 4.74 Å². The second-order valence-electron chi connectivity index (χ2n) is 4.02. The van der Waals surface area contributed by atoms with E-state index in [1.807, 2.05) is 13.8 Å². The largest absolute Gasteiger partial charge is 0.481 e. The third-order valence-corrected chi connectivity index (χ3v) is 2.36. The van der Waals surface area contributed by atoms with Gasteiger partial charge < -0.3 is 15.2 Å². The van der Waals surface area contributed by atoms with Crippen LogP contribution in [0.3, 0.4) is 0 Å². The zero-order valence-electron chi connectivity index (χ0n) is 10.2. The number of aromatic nitrogens is 2. The Morgan fingerprint density at radius 2 is 2.12 bits per heavy atom. The Balaban J connectivity index is 2.83. The van der Waals surface area contributed by atoms with Gasteiger partial charge in [-0.3, -0.25) is 0 Å². The quantitative estimate of drug-likeness (QED) is 0.788. The van der Waals surface area contributed by atoms with E-state index in [2.05, 4.69) is 15.3 Å². The Kier molecular flexibility index (Phi) is 4.49. The molecule has 0 aliphatic rings. The molecule has 1 unspecified atom stereocenters. The lowest BCUT2D eigenvalue weighted by Crippen LogP contribution is -2.30. The van der Waals surface area contributed by atoms with Gasteiger partial charge in [0, 0.05) is 6.07 Å². The molecule has 0 aliphatic carbocycles. The molecule has 0 aliphatic heterocycles. The Morgan fingerprint density at radius 3 is 2.62 bits per heavy atom. The molecule has 2 N–H and O–H groups in total. The van der Waals surface area contributed by atoms with Crippen LogP contribution in [-0.4, -0.2) is 34.8 Å². The van der Waals surface area contributed by atoms with Crippen LogP contribution in [0.4, 0.5) is 5.82 Å². The van der Waals surface area contributed by atoms with Crippen molar-refractivity contribution in [3.8, 4) is 5.88 Å². The first kappa shape index (κ1) is 12.7. The van der Waals surface area contributed by atoms with Crippen LogP contribution in [0.5, 0.6) is 5.88 Å². The molecule has 0 aromatic carbocycles. The minimum Gasteiger partial charge on any atom is -0.481 e. The highest BCUT2D eigenvalue weighted by Crippen LogP contribution is 2.15. The number of nitrogens with zero attached hydrogens (tertiary/aromatic N) is 2. The molecular formula is C11H19N3O2.